The van der Waals surface area contributed by atoms with Gasteiger partial charge in [0, 0.05) is 19.7 Å². The standard InChI is InChI=1S/C15H26BrN3O2/c1-10(2)12-11(16)13(18-17-12)14(21)19(7-6-8-20)9-15(3,4)5/h10,20H,6-9H2,1-5H3,(H,17,18). The summed E-state index contributed by atoms with van der Waals surface area (Å²) in [5.74, 6) is 0.162. The van der Waals surface area contributed by atoms with Gasteiger partial charge in [-0.2, -0.15) is 5.10 Å². The second-order valence-electron chi connectivity index (χ2n) is 6.82. The van der Waals surface area contributed by atoms with Crippen LogP contribution in [0, 0.1) is 5.41 Å². The highest BCUT2D eigenvalue weighted by atomic mass is 79.9. The number of halogens is 1. The molecule has 120 valence electrons. The molecule has 0 aliphatic heterocycles. The maximum Gasteiger partial charge on any atom is 0.275 e. The van der Waals surface area contributed by atoms with Crippen molar-refractivity contribution in [2.24, 2.45) is 5.41 Å². The predicted octanol–water partition coefficient (Wildman–Crippen LogP) is 3.17. The van der Waals surface area contributed by atoms with E-state index in [-0.39, 0.29) is 23.8 Å². The van der Waals surface area contributed by atoms with E-state index in [4.69, 9.17) is 5.11 Å². The van der Waals surface area contributed by atoms with Crippen LogP contribution in [0.3, 0.4) is 0 Å². The lowest BCUT2D eigenvalue weighted by atomic mass is 9.95. The molecule has 0 fully saturated rings. The number of H-pyrrole nitrogens is 1. The number of aromatic amines is 1. The van der Waals surface area contributed by atoms with Crippen molar-refractivity contribution in [2.45, 2.75) is 47.0 Å². The largest absolute Gasteiger partial charge is 0.396 e. The molecule has 5 nitrogen and oxygen atoms in total. The summed E-state index contributed by atoms with van der Waals surface area (Å²) >= 11 is 3.48. The van der Waals surface area contributed by atoms with Crippen molar-refractivity contribution >= 4 is 21.8 Å². The maximum absolute atomic E-state index is 12.7. The Morgan fingerprint density at radius 2 is 2.05 bits per heavy atom. The molecule has 0 aromatic carbocycles. The minimum absolute atomic E-state index is 0.00518. The third-order valence-electron chi connectivity index (χ3n) is 3.05. The first-order valence-electron chi connectivity index (χ1n) is 7.31. The van der Waals surface area contributed by atoms with E-state index in [0.29, 0.717) is 25.2 Å². The topological polar surface area (TPSA) is 69.2 Å². The molecule has 0 saturated heterocycles. The van der Waals surface area contributed by atoms with E-state index >= 15 is 0 Å². The molecule has 1 aromatic rings. The average Bonchev–Trinajstić information content (AvgIpc) is 2.74. The Bertz CT molecular complexity index is 478. The third kappa shape index (κ3) is 5.11. The van der Waals surface area contributed by atoms with Crippen LogP contribution in [0.4, 0.5) is 0 Å². The monoisotopic (exact) mass is 359 g/mol. The number of aliphatic hydroxyl groups is 1. The molecule has 0 spiro atoms. The summed E-state index contributed by atoms with van der Waals surface area (Å²) in [7, 11) is 0. The predicted molar refractivity (Wildman–Crippen MR) is 87.4 cm³/mol. The van der Waals surface area contributed by atoms with Crippen LogP contribution in [-0.4, -0.2) is 45.8 Å². The lowest BCUT2D eigenvalue weighted by molar-refractivity contribution is 0.0675. The number of nitrogens with zero attached hydrogens (tertiary/aromatic N) is 2. The van der Waals surface area contributed by atoms with E-state index in [1.54, 1.807) is 4.90 Å². The van der Waals surface area contributed by atoms with Gasteiger partial charge >= 0.3 is 0 Å². The second-order valence-corrected chi connectivity index (χ2v) is 7.61. The minimum atomic E-state index is -0.103. The normalized spacial score (nSPS) is 12.0. The van der Waals surface area contributed by atoms with Gasteiger partial charge in [0.25, 0.3) is 5.91 Å². The molecular formula is C15H26BrN3O2. The fourth-order valence-corrected chi connectivity index (χ4v) is 2.91. The number of hydrogen-bond donors (Lipinski definition) is 2. The van der Waals surface area contributed by atoms with Crippen molar-refractivity contribution in [1.29, 1.82) is 0 Å². The zero-order valence-corrected chi connectivity index (χ0v) is 15.1. The summed E-state index contributed by atoms with van der Waals surface area (Å²) in [6, 6.07) is 0. The van der Waals surface area contributed by atoms with E-state index in [0.717, 1.165) is 10.2 Å². The molecule has 0 saturated carbocycles. The number of aliphatic hydroxyl groups excluding tert-OH is 1. The molecule has 2 N–H and O–H groups in total. The Morgan fingerprint density at radius 3 is 2.48 bits per heavy atom. The second kappa shape index (κ2) is 7.40. The number of rotatable bonds is 6. The number of nitrogens with one attached hydrogen (secondary N) is 1. The minimum Gasteiger partial charge on any atom is -0.396 e. The number of aromatic nitrogens is 2. The lowest BCUT2D eigenvalue weighted by Crippen LogP contribution is -2.39. The van der Waals surface area contributed by atoms with Gasteiger partial charge in [0.05, 0.1) is 10.2 Å². The average molecular weight is 360 g/mol. The quantitative estimate of drug-likeness (QED) is 0.819. The fraction of sp³-hybridized carbons (Fsp3) is 0.733. The van der Waals surface area contributed by atoms with Crippen LogP contribution >= 0.6 is 15.9 Å². The van der Waals surface area contributed by atoms with Crippen LogP contribution in [0.15, 0.2) is 4.47 Å². The van der Waals surface area contributed by atoms with Crippen LogP contribution in [0.2, 0.25) is 0 Å². The third-order valence-corrected chi connectivity index (χ3v) is 3.85. The summed E-state index contributed by atoms with van der Waals surface area (Å²) in [6.45, 7) is 11.6. The molecule has 0 radical (unpaired) electrons. The molecule has 21 heavy (non-hydrogen) atoms. The Balaban J connectivity index is 2.99. The van der Waals surface area contributed by atoms with Crippen molar-refractivity contribution in [3.05, 3.63) is 15.9 Å². The molecule has 1 aromatic heterocycles. The molecular weight excluding hydrogens is 334 g/mol. The number of hydrogen-bond acceptors (Lipinski definition) is 3. The van der Waals surface area contributed by atoms with Gasteiger partial charge in [0.2, 0.25) is 0 Å². The number of amides is 1. The van der Waals surface area contributed by atoms with Crippen molar-refractivity contribution in [1.82, 2.24) is 15.1 Å². The molecule has 6 heteroatoms. The first-order valence-corrected chi connectivity index (χ1v) is 8.10. The molecule has 0 aliphatic carbocycles. The van der Waals surface area contributed by atoms with E-state index < -0.39 is 0 Å². The highest BCUT2D eigenvalue weighted by Gasteiger charge is 2.26. The Labute approximate surface area is 135 Å². The molecule has 0 aliphatic rings. The van der Waals surface area contributed by atoms with Crippen molar-refractivity contribution in [2.75, 3.05) is 19.7 Å². The smallest absolute Gasteiger partial charge is 0.275 e. The zero-order valence-electron chi connectivity index (χ0n) is 13.5. The summed E-state index contributed by atoms with van der Waals surface area (Å²) in [5.41, 5.74) is 1.34. The van der Waals surface area contributed by atoms with Gasteiger partial charge in [-0.15, -0.1) is 0 Å². The Hall–Kier alpha value is -0.880. The maximum atomic E-state index is 12.7. The van der Waals surface area contributed by atoms with Crippen molar-refractivity contribution in [3.63, 3.8) is 0 Å². The van der Waals surface area contributed by atoms with Gasteiger partial charge in [-0.25, -0.2) is 0 Å². The number of carbonyl (C=O) groups excluding carboxylic acids is 1. The highest BCUT2D eigenvalue weighted by Crippen LogP contribution is 2.27. The van der Waals surface area contributed by atoms with E-state index in [1.807, 2.05) is 13.8 Å². The van der Waals surface area contributed by atoms with Crippen LogP contribution in [0.25, 0.3) is 0 Å². The van der Waals surface area contributed by atoms with Crippen LogP contribution in [0.5, 0.6) is 0 Å². The fourth-order valence-electron chi connectivity index (χ4n) is 2.10. The summed E-state index contributed by atoms with van der Waals surface area (Å²) in [5, 5.41) is 16.1. The summed E-state index contributed by atoms with van der Waals surface area (Å²) < 4.78 is 0.741. The molecule has 1 heterocycles. The van der Waals surface area contributed by atoms with Gasteiger partial charge < -0.3 is 10.0 Å². The molecule has 0 bridgehead atoms. The zero-order chi connectivity index (χ0) is 16.2. The first-order chi connectivity index (χ1) is 9.67. The van der Waals surface area contributed by atoms with Crippen LogP contribution in [-0.2, 0) is 0 Å². The van der Waals surface area contributed by atoms with Gasteiger partial charge in [0.1, 0.15) is 0 Å². The molecule has 0 unspecified atom stereocenters. The molecule has 1 rings (SSSR count). The first kappa shape index (κ1) is 18.2. The van der Waals surface area contributed by atoms with Gasteiger partial charge in [0.15, 0.2) is 5.69 Å². The van der Waals surface area contributed by atoms with E-state index in [2.05, 4.69) is 46.9 Å². The van der Waals surface area contributed by atoms with E-state index in [1.165, 1.54) is 0 Å². The van der Waals surface area contributed by atoms with E-state index in [9.17, 15) is 4.79 Å². The van der Waals surface area contributed by atoms with Gasteiger partial charge in [-0.05, 0) is 33.7 Å². The van der Waals surface area contributed by atoms with Crippen molar-refractivity contribution < 1.29 is 9.90 Å². The van der Waals surface area contributed by atoms with Gasteiger partial charge in [-0.3, -0.25) is 9.89 Å². The summed E-state index contributed by atoms with van der Waals surface area (Å²) in [4.78, 5) is 14.5. The van der Waals surface area contributed by atoms with Crippen molar-refractivity contribution in [3.8, 4) is 0 Å². The SMILES string of the molecule is CC(C)c1[nH]nc(C(=O)N(CCCO)CC(C)(C)C)c1Br. The number of carbonyl (C=O) groups is 1. The van der Waals surface area contributed by atoms with Crippen LogP contribution < -0.4 is 0 Å². The highest BCUT2D eigenvalue weighted by molar-refractivity contribution is 9.10. The van der Waals surface area contributed by atoms with Gasteiger partial charge in [-0.1, -0.05) is 34.6 Å². The van der Waals surface area contributed by atoms with Crippen LogP contribution in [0.1, 0.15) is 63.1 Å². The lowest BCUT2D eigenvalue weighted by Gasteiger charge is -2.29. The Morgan fingerprint density at radius 1 is 1.43 bits per heavy atom. The molecule has 0 atom stereocenters. The molecule has 1 amide bonds. The Kier molecular flexibility index (Phi) is 6.41. The summed E-state index contributed by atoms with van der Waals surface area (Å²) in [6.07, 6.45) is 0.570.